The first-order valence-corrected chi connectivity index (χ1v) is 9.57. The molecule has 0 unspecified atom stereocenters. The van der Waals surface area contributed by atoms with Crippen molar-refractivity contribution in [3.8, 4) is 0 Å². The lowest BCUT2D eigenvalue weighted by atomic mass is 10.1. The molecule has 25 heavy (non-hydrogen) atoms. The van der Waals surface area contributed by atoms with E-state index in [0.717, 1.165) is 17.6 Å². The van der Waals surface area contributed by atoms with Gasteiger partial charge in [0.2, 0.25) is 5.84 Å². The Morgan fingerprint density at radius 3 is 2.36 bits per heavy atom. The summed E-state index contributed by atoms with van der Waals surface area (Å²) in [5, 5.41) is 5.98. The van der Waals surface area contributed by atoms with Crippen molar-refractivity contribution in [2.24, 2.45) is 22.6 Å². The zero-order valence-electron chi connectivity index (χ0n) is 15.7. The highest BCUT2D eigenvalue weighted by Gasteiger charge is 2.15. The summed E-state index contributed by atoms with van der Waals surface area (Å²) in [6.07, 6.45) is 0.983. The highest BCUT2D eigenvalue weighted by Crippen LogP contribution is 2.16. The van der Waals surface area contributed by atoms with Crippen LogP contribution in [0.2, 0.25) is 0 Å². The molecule has 4 nitrogen and oxygen atoms in total. The minimum atomic E-state index is -0.237. The summed E-state index contributed by atoms with van der Waals surface area (Å²) in [6, 6.07) is 5.04. The van der Waals surface area contributed by atoms with Crippen LogP contribution in [0.3, 0.4) is 0 Å². The van der Waals surface area contributed by atoms with Crippen molar-refractivity contribution in [1.29, 1.82) is 0 Å². The number of benzene rings is 1. The summed E-state index contributed by atoms with van der Waals surface area (Å²) in [5.41, 5.74) is 6.70. The molecule has 0 saturated carbocycles. The molecule has 0 saturated heterocycles. The fourth-order valence-corrected chi connectivity index (χ4v) is 3.06. The van der Waals surface area contributed by atoms with E-state index >= 15 is 0 Å². The standard InChI is InChI=1S/C19H30BrFN4/c1-13(2)10-25(11-14(3)4)12-19(23)24-18(22)8-6-15-5-7-16(20)9-17(15)21/h5,7,9,13-14H,6,8,10-12H2,1-4H3,(H3,22,23,24)/p+1. The maximum atomic E-state index is 13.8. The summed E-state index contributed by atoms with van der Waals surface area (Å²) in [6.45, 7) is 11.3. The monoisotopic (exact) mass is 413 g/mol. The maximum absolute atomic E-state index is 13.8. The number of amidine groups is 2. The van der Waals surface area contributed by atoms with Gasteiger partial charge in [-0.1, -0.05) is 49.7 Å². The molecule has 0 heterocycles. The Morgan fingerprint density at radius 1 is 1.24 bits per heavy atom. The number of halogens is 2. The highest BCUT2D eigenvalue weighted by molar-refractivity contribution is 9.10. The van der Waals surface area contributed by atoms with Crippen molar-refractivity contribution in [2.45, 2.75) is 40.5 Å². The van der Waals surface area contributed by atoms with Gasteiger partial charge in [0.15, 0.2) is 0 Å². The molecule has 0 aromatic heterocycles. The van der Waals surface area contributed by atoms with E-state index in [1.165, 1.54) is 6.07 Å². The van der Waals surface area contributed by atoms with Crippen LogP contribution in [0, 0.1) is 17.7 Å². The van der Waals surface area contributed by atoms with Crippen LogP contribution < -0.4 is 11.1 Å². The van der Waals surface area contributed by atoms with Gasteiger partial charge in [0.25, 0.3) is 5.84 Å². The third-order valence-corrected chi connectivity index (χ3v) is 4.08. The third-order valence-electron chi connectivity index (χ3n) is 3.59. The largest absolute Gasteiger partial charge is 0.365 e. The Hall–Kier alpha value is -1.27. The molecular weight excluding hydrogens is 383 g/mol. The molecule has 0 fully saturated rings. The second kappa shape index (κ2) is 10.7. The number of hydrogen-bond acceptors (Lipinski definition) is 1. The fraction of sp³-hybridized carbons (Fsp3) is 0.579. The van der Waals surface area contributed by atoms with E-state index in [1.807, 2.05) is 6.07 Å². The molecular formula is C19H31BrFN4+. The van der Waals surface area contributed by atoms with E-state index in [-0.39, 0.29) is 5.82 Å². The van der Waals surface area contributed by atoms with Crippen LogP contribution in [-0.2, 0) is 6.42 Å². The van der Waals surface area contributed by atoms with Crippen LogP contribution in [-0.4, -0.2) is 36.2 Å². The molecule has 0 amide bonds. The number of hydrogen-bond donors (Lipinski definition) is 2. The van der Waals surface area contributed by atoms with Crippen LogP contribution in [0.4, 0.5) is 4.39 Å². The van der Waals surface area contributed by atoms with Crippen molar-refractivity contribution in [3.05, 3.63) is 34.1 Å². The first kappa shape index (κ1) is 21.8. The first-order chi connectivity index (χ1) is 11.7. The van der Waals surface area contributed by atoms with Crippen LogP contribution >= 0.6 is 15.9 Å². The van der Waals surface area contributed by atoms with E-state index in [9.17, 15) is 4.39 Å². The minimum absolute atomic E-state index is 0.237. The molecule has 1 aromatic rings. The zero-order chi connectivity index (χ0) is 19.0. The molecule has 0 atom stereocenters. The van der Waals surface area contributed by atoms with E-state index in [1.54, 1.807) is 6.07 Å². The summed E-state index contributed by atoms with van der Waals surface area (Å²) < 4.78 is 14.6. The second-order valence-corrected chi connectivity index (χ2v) is 8.23. The topological polar surface area (TPSA) is 67.2 Å². The molecule has 4 N–H and O–H groups in total. The Balaban J connectivity index is 2.59. The summed E-state index contributed by atoms with van der Waals surface area (Å²) in [5.74, 6) is 1.84. The highest BCUT2D eigenvalue weighted by atomic mass is 79.9. The molecule has 6 heteroatoms. The van der Waals surface area contributed by atoms with Crippen molar-refractivity contribution in [2.75, 3.05) is 19.6 Å². The van der Waals surface area contributed by atoms with Gasteiger partial charge in [-0.05, 0) is 40.9 Å². The van der Waals surface area contributed by atoms with Gasteiger partial charge in [0.05, 0.1) is 13.0 Å². The van der Waals surface area contributed by atoms with Crippen LogP contribution in [0.15, 0.2) is 27.7 Å². The number of nitrogens with zero attached hydrogens (tertiary/aromatic N) is 2. The van der Waals surface area contributed by atoms with E-state index in [0.29, 0.717) is 48.5 Å². The number of aryl methyl sites for hydroxylation is 1. The number of rotatable bonds is 9. The van der Waals surface area contributed by atoms with Crippen molar-refractivity contribution < 1.29 is 9.80 Å². The van der Waals surface area contributed by atoms with Crippen LogP contribution in [0.5, 0.6) is 0 Å². The Bertz CT molecular complexity index is 589. The zero-order valence-corrected chi connectivity index (χ0v) is 17.3. The SMILES string of the molecule is CC(C)CN(CC(N)=NC(=[NH2+])CCc1ccc(Br)cc1F)CC(C)C. The summed E-state index contributed by atoms with van der Waals surface area (Å²) in [4.78, 5) is 6.61. The average Bonchev–Trinajstić information content (AvgIpc) is 2.44. The van der Waals surface area contributed by atoms with Gasteiger partial charge in [-0.3, -0.25) is 10.3 Å². The van der Waals surface area contributed by atoms with Crippen molar-refractivity contribution in [3.63, 3.8) is 0 Å². The third kappa shape index (κ3) is 9.12. The van der Waals surface area contributed by atoms with Crippen molar-refractivity contribution >= 4 is 27.6 Å². The Labute approximate surface area is 159 Å². The lowest BCUT2D eigenvalue weighted by Gasteiger charge is -2.24. The van der Waals surface area contributed by atoms with Gasteiger partial charge in [0, 0.05) is 17.6 Å². The molecule has 1 rings (SSSR count). The summed E-state index contributed by atoms with van der Waals surface area (Å²) in [7, 11) is 0. The first-order valence-electron chi connectivity index (χ1n) is 8.78. The lowest BCUT2D eigenvalue weighted by Crippen LogP contribution is -2.43. The Morgan fingerprint density at radius 2 is 1.84 bits per heavy atom. The van der Waals surface area contributed by atoms with Gasteiger partial charge >= 0.3 is 0 Å². The lowest BCUT2D eigenvalue weighted by molar-refractivity contribution is -0.117. The van der Waals surface area contributed by atoms with Gasteiger partial charge in [-0.25, -0.2) is 4.39 Å². The fourth-order valence-electron chi connectivity index (χ4n) is 2.73. The second-order valence-electron chi connectivity index (χ2n) is 7.31. The minimum Gasteiger partial charge on any atom is -0.365 e. The predicted octanol–water partition coefficient (Wildman–Crippen LogP) is 2.65. The average molecular weight is 414 g/mol. The predicted molar refractivity (Wildman–Crippen MR) is 107 cm³/mol. The van der Waals surface area contributed by atoms with Crippen LogP contribution in [0.25, 0.3) is 0 Å². The summed E-state index contributed by atoms with van der Waals surface area (Å²) >= 11 is 3.25. The van der Waals surface area contributed by atoms with Gasteiger partial charge in [0.1, 0.15) is 5.82 Å². The molecule has 0 bridgehead atoms. The van der Waals surface area contributed by atoms with Gasteiger partial charge < -0.3 is 5.73 Å². The van der Waals surface area contributed by atoms with Crippen molar-refractivity contribution in [1.82, 2.24) is 4.90 Å². The molecule has 0 aliphatic rings. The number of nitrogens with two attached hydrogens (primary N) is 2. The molecule has 0 aliphatic carbocycles. The molecule has 0 spiro atoms. The number of aliphatic imine (C=N–C) groups is 1. The van der Waals surface area contributed by atoms with E-state index in [4.69, 9.17) is 11.1 Å². The molecule has 0 aliphatic heterocycles. The maximum Gasteiger partial charge on any atom is 0.292 e. The molecule has 1 aromatic carbocycles. The van der Waals surface area contributed by atoms with E-state index < -0.39 is 0 Å². The van der Waals surface area contributed by atoms with Crippen LogP contribution in [0.1, 0.15) is 39.7 Å². The van der Waals surface area contributed by atoms with Gasteiger partial charge in [-0.15, -0.1) is 0 Å². The van der Waals surface area contributed by atoms with E-state index in [2.05, 4.69) is 53.5 Å². The molecule has 0 radical (unpaired) electrons. The quantitative estimate of drug-likeness (QED) is 0.482. The molecule has 140 valence electrons. The Kier molecular flexibility index (Phi) is 9.28. The van der Waals surface area contributed by atoms with Gasteiger partial charge in [-0.2, -0.15) is 0 Å². The smallest absolute Gasteiger partial charge is 0.292 e. The normalized spacial score (nSPS) is 12.4.